The average molecular weight is 415 g/mol. The Morgan fingerprint density at radius 1 is 0.871 bits per heavy atom. The van der Waals surface area contributed by atoms with Crippen molar-refractivity contribution in [3.8, 4) is 28.0 Å². The first-order valence-corrected chi connectivity index (χ1v) is 9.44. The van der Waals surface area contributed by atoms with Gasteiger partial charge in [0, 0.05) is 56.5 Å². The van der Waals surface area contributed by atoms with Crippen molar-refractivity contribution in [2.24, 2.45) is 0 Å². The zero-order valence-electron chi connectivity index (χ0n) is 16.3. The van der Waals surface area contributed by atoms with Crippen LogP contribution in [0.5, 0.6) is 5.75 Å². The molecule has 0 atom stereocenters. The molecule has 0 spiro atoms. The molecule has 154 valence electrons. The Bertz CT molecular complexity index is 1490. The van der Waals surface area contributed by atoms with Crippen molar-refractivity contribution in [3.05, 3.63) is 66.2 Å². The fraction of sp³-hybridized carbons (Fsp3) is 0.0435. The first-order chi connectivity index (χ1) is 15.0. The quantitative estimate of drug-likeness (QED) is 0.276. The molecule has 0 saturated heterocycles. The molecule has 0 aliphatic heterocycles. The zero-order chi connectivity index (χ0) is 21.7. The maximum absolute atomic E-state index is 12.6. The number of methoxy groups -OCH3 is 1. The molecule has 3 aromatic heterocycles. The summed E-state index contributed by atoms with van der Waals surface area (Å²) in [6.45, 7) is 0. The van der Waals surface area contributed by atoms with Crippen LogP contribution < -0.4 is 0 Å². The van der Waals surface area contributed by atoms with E-state index >= 15 is 0 Å². The third-order valence-corrected chi connectivity index (χ3v) is 5.40. The lowest BCUT2D eigenvalue weighted by atomic mass is 9.94. The van der Waals surface area contributed by atoms with Gasteiger partial charge in [-0.3, -0.25) is 0 Å². The van der Waals surface area contributed by atoms with Gasteiger partial charge in [0.05, 0.1) is 7.11 Å². The van der Waals surface area contributed by atoms with Crippen molar-refractivity contribution >= 4 is 33.7 Å². The Morgan fingerprint density at radius 2 is 1.52 bits per heavy atom. The Kier molecular flexibility index (Phi) is 4.07. The number of aromatic nitrogens is 3. The number of aromatic carboxylic acids is 1. The fourth-order valence-corrected chi connectivity index (χ4v) is 4.05. The number of H-pyrrole nitrogens is 3. The molecular weight excluding hydrogens is 398 g/mol. The van der Waals surface area contributed by atoms with E-state index in [4.69, 9.17) is 4.74 Å². The first-order valence-electron chi connectivity index (χ1n) is 9.44. The molecule has 2 aromatic carbocycles. The SMILES string of the molecule is COC(=O)c1[nH]c(C(=O)O)c(-c2c[nH]c3ccc(O)cc23)c1-c1c[nH]c2ccccc12. The number of phenols is 1. The molecule has 0 saturated carbocycles. The van der Waals surface area contributed by atoms with Crippen LogP contribution in [0.3, 0.4) is 0 Å². The number of hydrogen-bond donors (Lipinski definition) is 5. The van der Waals surface area contributed by atoms with Crippen molar-refractivity contribution in [1.29, 1.82) is 0 Å². The van der Waals surface area contributed by atoms with Crippen molar-refractivity contribution in [2.75, 3.05) is 7.11 Å². The first kappa shape index (κ1) is 18.6. The highest BCUT2D eigenvalue weighted by molar-refractivity contribution is 6.15. The summed E-state index contributed by atoms with van der Waals surface area (Å²) in [7, 11) is 1.24. The molecule has 0 fully saturated rings. The maximum atomic E-state index is 12.6. The number of ether oxygens (including phenoxy) is 1. The second-order valence-corrected chi connectivity index (χ2v) is 7.10. The number of aromatic hydroxyl groups is 1. The highest BCUT2D eigenvalue weighted by Crippen LogP contribution is 2.44. The number of benzene rings is 2. The number of hydrogen-bond acceptors (Lipinski definition) is 4. The van der Waals surface area contributed by atoms with E-state index in [1.54, 1.807) is 24.5 Å². The predicted octanol–water partition coefficient (Wildman–Crippen LogP) is 4.50. The highest BCUT2D eigenvalue weighted by atomic mass is 16.5. The number of phenolic OH excluding ortho intramolecular Hbond substituents is 1. The third-order valence-electron chi connectivity index (χ3n) is 5.40. The standard InChI is InChI=1S/C23H17N3O5/c1-31-23(30)21-19(14-9-24-16-5-3-2-4-12(14)16)18(20(26-21)22(28)29)15-10-25-17-7-6-11(27)8-13(15)17/h2-10,24-27H,1H3,(H,28,29). The van der Waals surface area contributed by atoms with Crippen LogP contribution in [-0.2, 0) is 4.74 Å². The van der Waals surface area contributed by atoms with E-state index in [-0.39, 0.29) is 17.1 Å². The smallest absolute Gasteiger partial charge is 0.355 e. The lowest BCUT2D eigenvalue weighted by Crippen LogP contribution is -2.04. The Balaban J connectivity index is 1.93. The summed E-state index contributed by atoms with van der Waals surface area (Å²) in [6, 6.07) is 12.3. The minimum atomic E-state index is -1.22. The molecule has 31 heavy (non-hydrogen) atoms. The van der Waals surface area contributed by atoms with Gasteiger partial charge in [-0.25, -0.2) is 9.59 Å². The Labute approximate surface area is 175 Å². The van der Waals surface area contributed by atoms with Gasteiger partial charge in [0.25, 0.3) is 0 Å². The molecule has 0 unspecified atom stereocenters. The van der Waals surface area contributed by atoms with Crippen LogP contribution in [0.4, 0.5) is 0 Å². The van der Waals surface area contributed by atoms with Gasteiger partial charge >= 0.3 is 11.9 Å². The van der Waals surface area contributed by atoms with Crippen molar-refractivity contribution in [3.63, 3.8) is 0 Å². The van der Waals surface area contributed by atoms with E-state index in [0.717, 1.165) is 16.4 Å². The fourth-order valence-electron chi connectivity index (χ4n) is 4.05. The Hall–Kier alpha value is -4.46. The molecule has 5 aromatic rings. The van der Waals surface area contributed by atoms with Crippen LogP contribution in [0, 0.1) is 0 Å². The number of nitrogens with one attached hydrogen (secondary N) is 3. The lowest BCUT2D eigenvalue weighted by molar-refractivity contribution is 0.0595. The van der Waals surface area contributed by atoms with Crippen LogP contribution in [0.15, 0.2) is 54.9 Å². The monoisotopic (exact) mass is 415 g/mol. The molecule has 8 heteroatoms. The van der Waals surface area contributed by atoms with Crippen molar-refractivity contribution < 1.29 is 24.5 Å². The Morgan fingerprint density at radius 3 is 2.23 bits per heavy atom. The van der Waals surface area contributed by atoms with Crippen LogP contribution in [0.25, 0.3) is 44.1 Å². The van der Waals surface area contributed by atoms with Crippen LogP contribution in [0.2, 0.25) is 0 Å². The van der Waals surface area contributed by atoms with Gasteiger partial charge in [-0.1, -0.05) is 18.2 Å². The second-order valence-electron chi connectivity index (χ2n) is 7.10. The predicted molar refractivity (Wildman–Crippen MR) is 115 cm³/mol. The average Bonchev–Trinajstić information content (AvgIpc) is 3.46. The van der Waals surface area contributed by atoms with E-state index in [1.165, 1.54) is 13.2 Å². The number of carbonyl (C=O) groups excluding carboxylic acids is 1. The van der Waals surface area contributed by atoms with Crippen molar-refractivity contribution in [1.82, 2.24) is 15.0 Å². The van der Waals surface area contributed by atoms with Gasteiger partial charge in [-0.15, -0.1) is 0 Å². The number of carboxylic acid groups (broad SMARTS) is 1. The lowest BCUT2D eigenvalue weighted by Gasteiger charge is -2.07. The molecule has 0 bridgehead atoms. The molecule has 0 radical (unpaired) electrons. The van der Waals surface area contributed by atoms with Gasteiger partial charge in [0.2, 0.25) is 0 Å². The largest absolute Gasteiger partial charge is 0.508 e. The number of aromatic amines is 3. The maximum Gasteiger partial charge on any atom is 0.355 e. The number of rotatable bonds is 4. The number of carbonyl (C=O) groups is 2. The number of fused-ring (bicyclic) bond motifs is 2. The number of carboxylic acids is 1. The van der Waals surface area contributed by atoms with Gasteiger partial charge in [0.15, 0.2) is 0 Å². The molecule has 8 nitrogen and oxygen atoms in total. The summed E-state index contributed by atoms with van der Waals surface area (Å²) in [6.07, 6.45) is 3.40. The molecule has 0 aliphatic rings. The second kappa shape index (κ2) is 6.81. The molecule has 3 heterocycles. The van der Waals surface area contributed by atoms with E-state index in [1.807, 2.05) is 24.3 Å². The minimum Gasteiger partial charge on any atom is -0.508 e. The normalized spacial score (nSPS) is 11.3. The summed E-state index contributed by atoms with van der Waals surface area (Å²) in [5.74, 6) is -1.86. The van der Waals surface area contributed by atoms with Gasteiger partial charge in [0.1, 0.15) is 17.1 Å². The van der Waals surface area contributed by atoms with E-state index in [0.29, 0.717) is 27.6 Å². The molecular formula is C23H17N3O5. The van der Waals surface area contributed by atoms with E-state index in [9.17, 15) is 19.8 Å². The summed E-state index contributed by atoms with van der Waals surface area (Å²) < 4.78 is 4.94. The van der Waals surface area contributed by atoms with Crippen LogP contribution in [-0.4, -0.2) is 44.2 Å². The van der Waals surface area contributed by atoms with Gasteiger partial charge < -0.3 is 29.9 Å². The summed E-state index contributed by atoms with van der Waals surface area (Å²) in [4.78, 5) is 33.8. The molecule has 0 amide bonds. The molecule has 5 rings (SSSR count). The highest BCUT2D eigenvalue weighted by Gasteiger charge is 2.30. The number of esters is 1. The molecule has 5 N–H and O–H groups in total. The number of para-hydroxylation sites is 1. The topological polar surface area (TPSA) is 131 Å². The summed E-state index contributed by atoms with van der Waals surface area (Å²) >= 11 is 0. The van der Waals surface area contributed by atoms with Crippen LogP contribution >= 0.6 is 0 Å². The summed E-state index contributed by atoms with van der Waals surface area (Å²) in [5.41, 5.74) is 3.38. The van der Waals surface area contributed by atoms with Crippen LogP contribution in [0.1, 0.15) is 21.0 Å². The van der Waals surface area contributed by atoms with Gasteiger partial charge in [-0.05, 0) is 24.3 Å². The summed E-state index contributed by atoms with van der Waals surface area (Å²) in [5, 5.41) is 21.4. The van der Waals surface area contributed by atoms with Crippen molar-refractivity contribution in [2.45, 2.75) is 0 Å². The minimum absolute atomic E-state index is 0.0363. The van der Waals surface area contributed by atoms with Gasteiger partial charge in [-0.2, -0.15) is 0 Å². The third kappa shape index (κ3) is 2.77. The van der Waals surface area contributed by atoms with E-state index in [2.05, 4.69) is 15.0 Å². The molecule has 0 aliphatic carbocycles. The zero-order valence-corrected chi connectivity index (χ0v) is 16.3. The van der Waals surface area contributed by atoms with E-state index < -0.39 is 11.9 Å².